The van der Waals surface area contributed by atoms with Gasteiger partial charge in [-0.3, -0.25) is 0 Å². The van der Waals surface area contributed by atoms with Gasteiger partial charge in [-0.25, -0.2) is 14.4 Å². The molecule has 19 heavy (non-hydrogen) atoms. The molecular weight excluding hydrogens is 241 g/mol. The molecule has 3 rings (SSSR count). The van der Waals surface area contributed by atoms with Crippen LogP contribution in [-0.2, 0) is 0 Å². The summed E-state index contributed by atoms with van der Waals surface area (Å²) in [5, 5.41) is 3.67. The Morgan fingerprint density at radius 3 is 2.53 bits per heavy atom. The highest BCUT2D eigenvalue weighted by Crippen LogP contribution is 2.25. The maximum Gasteiger partial charge on any atom is 0.162 e. The van der Waals surface area contributed by atoms with E-state index in [1.807, 2.05) is 30.3 Å². The molecule has 0 unspecified atom stereocenters. The highest BCUT2D eigenvalue weighted by Gasteiger charge is 2.08. The van der Waals surface area contributed by atoms with Crippen molar-refractivity contribution in [1.29, 1.82) is 0 Å². The molecule has 0 bridgehead atoms. The fourth-order valence-corrected chi connectivity index (χ4v) is 2.01. The Morgan fingerprint density at radius 1 is 1.00 bits per heavy atom. The summed E-state index contributed by atoms with van der Waals surface area (Å²) in [6.45, 7) is 0. The molecule has 0 radical (unpaired) electrons. The van der Waals surface area contributed by atoms with Gasteiger partial charge in [0, 0.05) is 18.0 Å². The lowest BCUT2D eigenvalue weighted by Gasteiger charge is -2.08. The van der Waals surface area contributed by atoms with Crippen LogP contribution in [0.15, 0.2) is 48.5 Å². The Bertz CT molecular complexity index is 726. The van der Waals surface area contributed by atoms with E-state index in [-0.39, 0.29) is 5.82 Å². The van der Waals surface area contributed by atoms with Crippen molar-refractivity contribution in [2.45, 2.75) is 0 Å². The van der Waals surface area contributed by atoms with Crippen molar-refractivity contribution < 1.29 is 4.39 Å². The summed E-state index contributed by atoms with van der Waals surface area (Å²) >= 11 is 0. The summed E-state index contributed by atoms with van der Waals surface area (Å²) < 4.78 is 13.3. The second-order valence-corrected chi connectivity index (χ2v) is 4.17. The first kappa shape index (κ1) is 11.6. The topological polar surface area (TPSA) is 37.8 Å². The molecule has 0 saturated heterocycles. The molecule has 3 nitrogen and oxygen atoms in total. The van der Waals surface area contributed by atoms with Gasteiger partial charge >= 0.3 is 0 Å². The van der Waals surface area contributed by atoms with Crippen molar-refractivity contribution in [1.82, 2.24) is 9.97 Å². The van der Waals surface area contributed by atoms with Gasteiger partial charge in [0.25, 0.3) is 0 Å². The van der Waals surface area contributed by atoms with Gasteiger partial charge in [0.2, 0.25) is 0 Å². The van der Waals surface area contributed by atoms with Crippen LogP contribution in [0.5, 0.6) is 0 Å². The lowest BCUT2D eigenvalue weighted by Crippen LogP contribution is -1.99. The van der Waals surface area contributed by atoms with Crippen molar-refractivity contribution in [3.63, 3.8) is 0 Å². The smallest absolute Gasteiger partial charge is 0.162 e. The third-order valence-corrected chi connectivity index (χ3v) is 2.93. The average Bonchev–Trinajstić information content (AvgIpc) is 2.47. The third kappa shape index (κ3) is 2.12. The Morgan fingerprint density at radius 2 is 1.79 bits per heavy atom. The van der Waals surface area contributed by atoms with Gasteiger partial charge in [-0.1, -0.05) is 30.3 Å². The fraction of sp³-hybridized carbons (Fsp3) is 0.0667. The molecule has 0 aliphatic heterocycles. The SMILES string of the molecule is CNc1nc(-c2ccccc2)nc2ccc(F)cc12. The highest BCUT2D eigenvalue weighted by atomic mass is 19.1. The number of aromatic nitrogens is 2. The predicted octanol–water partition coefficient (Wildman–Crippen LogP) is 3.48. The number of nitrogens with one attached hydrogen (secondary N) is 1. The monoisotopic (exact) mass is 253 g/mol. The van der Waals surface area contributed by atoms with E-state index in [0.717, 1.165) is 11.1 Å². The quantitative estimate of drug-likeness (QED) is 0.759. The van der Waals surface area contributed by atoms with Crippen LogP contribution < -0.4 is 5.32 Å². The molecule has 2 aromatic carbocycles. The zero-order valence-electron chi connectivity index (χ0n) is 10.4. The van der Waals surface area contributed by atoms with Crippen molar-refractivity contribution in [3.05, 3.63) is 54.3 Å². The highest BCUT2D eigenvalue weighted by molar-refractivity contribution is 5.90. The van der Waals surface area contributed by atoms with Gasteiger partial charge in [0.15, 0.2) is 5.82 Å². The fourth-order valence-electron chi connectivity index (χ4n) is 2.01. The number of hydrogen-bond acceptors (Lipinski definition) is 3. The number of hydrogen-bond donors (Lipinski definition) is 1. The number of rotatable bonds is 2. The van der Waals surface area contributed by atoms with Crippen LogP contribution in [0, 0.1) is 5.82 Å². The minimum Gasteiger partial charge on any atom is -0.373 e. The van der Waals surface area contributed by atoms with Crippen molar-refractivity contribution in [3.8, 4) is 11.4 Å². The molecule has 1 N–H and O–H groups in total. The predicted molar refractivity (Wildman–Crippen MR) is 74.5 cm³/mol. The van der Waals surface area contributed by atoms with Crippen LogP contribution in [-0.4, -0.2) is 17.0 Å². The molecule has 0 atom stereocenters. The molecule has 0 aliphatic rings. The van der Waals surface area contributed by atoms with Gasteiger partial charge < -0.3 is 5.32 Å². The second kappa shape index (κ2) is 4.65. The second-order valence-electron chi connectivity index (χ2n) is 4.17. The number of fused-ring (bicyclic) bond motifs is 1. The molecule has 1 heterocycles. The van der Waals surface area contributed by atoms with E-state index in [4.69, 9.17) is 0 Å². The Balaban J connectivity index is 2.26. The molecule has 0 amide bonds. The normalized spacial score (nSPS) is 10.6. The first-order valence-electron chi connectivity index (χ1n) is 5.98. The first-order chi connectivity index (χ1) is 9.28. The summed E-state index contributed by atoms with van der Waals surface area (Å²) in [7, 11) is 1.77. The minimum absolute atomic E-state index is 0.292. The summed E-state index contributed by atoms with van der Waals surface area (Å²) in [6, 6.07) is 14.2. The van der Waals surface area contributed by atoms with Crippen molar-refractivity contribution in [2.75, 3.05) is 12.4 Å². The van der Waals surface area contributed by atoms with Gasteiger partial charge in [0.05, 0.1) is 5.52 Å². The number of halogens is 1. The van der Waals surface area contributed by atoms with E-state index in [1.54, 1.807) is 13.1 Å². The minimum atomic E-state index is -0.292. The molecular formula is C15H12FN3. The van der Waals surface area contributed by atoms with E-state index in [1.165, 1.54) is 12.1 Å². The van der Waals surface area contributed by atoms with Gasteiger partial charge in [0.1, 0.15) is 11.6 Å². The summed E-state index contributed by atoms with van der Waals surface area (Å²) in [6.07, 6.45) is 0. The maximum absolute atomic E-state index is 13.3. The maximum atomic E-state index is 13.3. The Labute approximate surface area is 110 Å². The molecule has 3 aromatic rings. The van der Waals surface area contributed by atoms with Crippen LogP contribution in [0.3, 0.4) is 0 Å². The molecule has 94 valence electrons. The molecule has 1 aromatic heterocycles. The van der Waals surface area contributed by atoms with Crippen LogP contribution >= 0.6 is 0 Å². The number of nitrogens with zero attached hydrogens (tertiary/aromatic N) is 2. The number of anilines is 1. The first-order valence-corrected chi connectivity index (χ1v) is 5.98. The Hall–Kier alpha value is -2.49. The van der Waals surface area contributed by atoms with Crippen LogP contribution in [0.4, 0.5) is 10.2 Å². The summed E-state index contributed by atoms with van der Waals surface area (Å²) in [5.41, 5.74) is 1.66. The van der Waals surface area contributed by atoms with Crippen LogP contribution in [0.25, 0.3) is 22.3 Å². The summed E-state index contributed by atoms with van der Waals surface area (Å²) in [4.78, 5) is 8.92. The third-order valence-electron chi connectivity index (χ3n) is 2.93. The van der Waals surface area contributed by atoms with E-state index in [2.05, 4.69) is 15.3 Å². The average molecular weight is 253 g/mol. The lowest BCUT2D eigenvalue weighted by molar-refractivity contribution is 0.629. The van der Waals surface area contributed by atoms with Crippen molar-refractivity contribution in [2.24, 2.45) is 0 Å². The summed E-state index contributed by atoms with van der Waals surface area (Å²) in [5.74, 6) is 0.965. The molecule has 0 aliphatic carbocycles. The lowest BCUT2D eigenvalue weighted by atomic mass is 10.2. The van der Waals surface area contributed by atoms with Crippen molar-refractivity contribution >= 4 is 16.7 Å². The molecule has 0 fully saturated rings. The van der Waals surface area contributed by atoms with Crippen LogP contribution in [0.2, 0.25) is 0 Å². The standard InChI is InChI=1S/C15H12FN3/c1-17-15-12-9-11(16)7-8-13(12)18-14(19-15)10-5-3-2-4-6-10/h2-9H,1H3,(H,17,18,19). The van der Waals surface area contributed by atoms with E-state index >= 15 is 0 Å². The van der Waals surface area contributed by atoms with E-state index in [0.29, 0.717) is 17.0 Å². The van der Waals surface area contributed by atoms with E-state index in [9.17, 15) is 4.39 Å². The zero-order chi connectivity index (χ0) is 13.2. The number of benzene rings is 2. The molecule has 0 saturated carbocycles. The van der Waals surface area contributed by atoms with Gasteiger partial charge in [-0.2, -0.15) is 0 Å². The van der Waals surface area contributed by atoms with Gasteiger partial charge in [-0.05, 0) is 18.2 Å². The van der Waals surface area contributed by atoms with E-state index < -0.39 is 0 Å². The Kier molecular flexibility index (Phi) is 2.83. The van der Waals surface area contributed by atoms with Gasteiger partial charge in [-0.15, -0.1) is 0 Å². The largest absolute Gasteiger partial charge is 0.373 e. The molecule has 0 spiro atoms. The van der Waals surface area contributed by atoms with Crippen LogP contribution in [0.1, 0.15) is 0 Å². The molecule has 4 heteroatoms. The zero-order valence-corrected chi connectivity index (χ0v) is 10.4.